The number of benzene rings is 2. The summed E-state index contributed by atoms with van der Waals surface area (Å²) in [7, 11) is -3.65. The first-order valence-electron chi connectivity index (χ1n) is 8.58. The molecular weight excluding hydrogens is 339 g/mol. The quantitative estimate of drug-likeness (QED) is 0.808. The highest BCUT2D eigenvalue weighted by molar-refractivity contribution is 7.91. The second-order valence-electron chi connectivity index (χ2n) is 6.95. The summed E-state index contributed by atoms with van der Waals surface area (Å²) in [5.41, 5.74) is 2.10. The molecule has 0 amide bonds. The van der Waals surface area contributed by atoms with E-state index in [4.69, 9.17) is 0 Å². The zero-order valence-corrected chi connectivity index (χ0v) is 14.8. The minimum atomic E-state index is -3.65. The summed E-state index contributed by atoms with van der Waals surface area (Å²) >= 11 is 0. The first-order chi connectivity index (χ1) is 12.0. The maximum atomic E-state index is 13.1. The van der Waals surface area contributed by atoms with Crippen molar-refractivity contribution in [2.45, 2.75) is 35.1 Å². The zero-order valence-electron chi connectivity index (χ0n) is 14.0. The molecule has 6 heteroatoms. The Balaban J connectivity index is 1.76. The van der Waals surface area contributed by atoms with Gasteiger partial charge in [-0.2, -0.15) is 0 Å². The van der Waals surface area contributed by atoms with Crippen LogP contribution in [0, 0.1) is 11.7 Å². The lowest BCUT2D eigenvalue weighted by Crippen LogP contribution is -2.25. The fourth-order valence-electron chi connectivity index (χ4n) is 4.04. The van der Waals surface area contributed by atoms with E-state index < -0.39 is 15.7 Å². The molecule has 3 atom stereocenters. The Morgan fingerprint density at radius 2 is 1.80 bits per heavy atom. The first kappa shape index (κ1) is 16.5. The number of anilines is 1. The average molecular weight is 360 g/mol. The van der Waals surface area contributed by atoms with Crippen molar-refractivity contribution in [1.82, 2.24) is 5.32 Å². The fourth-order valence-corrected chi connectivity index (χ4v) is 5.34. The molecule has 1 saturated heterocycles. The minimum absolute atomic E-state index is 0.118. The van der Waals surface area contributed by atoms with Gasteiger partial charge in [-0.3, -0.25) is 0 Å². The van der Waals surface area contributed by atoms with Gasteiger partial charge in [0.15, 0.2) is 0 Å². The molecule has 0 radical (unpaired) electrons. The number of sulfone groups is 1. The molecule has 132 valence electrons. The van der Waals surface area contributed by atoms with Crippen LogP contribution in [0.2, 0.25) is 0 Å². The van der Waals surface area contributed by atoms with E-state index in [1.54, 1.807) is 12.1 Å². The van der Waals surface area contributed by atoms with E-state index in [0.29, 0.717) is 17.9 Å². The molecule has 2 heterocycles. The van der Waals surface area contributed by atoms with Gasteiger partial charge < -0.3 is 10.6 Å². The van der Waals surface area contributed by atoms with E-state index in [2.05, 4.69) is 17.6 Å². The third-order valence-electron chi connectivity index (χ3n) is 5.30. The summed E-state index contributed by atoms with van der Waals surface area (Å²) in [5, 5.41) is 6.99. The third kappa shape index (κ3) is 2.83. The fraction of sp³-hybridized carbons (Fsp3) is 0.368. The predicted molar refractivity (Wildman–Crippen MR) is 95.1 cm³/mol. The van der Waals surface area contributed by atoms with Gasteiger partial charge in [0.2, 0.25) is 9.84 Å². The Morgan fingerprint density at radius 3 is 2.56 bits per heavy atom. The monoisotopic (exact) mass is 360 g/mol. The van der Waals surface area contributed by atoms with Crippen LogP contribution in [-0.2, 0) is 9.84 Å². The molecule has 0 saturated carbocycles. The Kier molecular flexibility index (Phi) is 4.04. The first-order valence-corrected chi connectivity index (χ1v) is 10.1. The van der Waals surface area contributed by atoms with Crippen molar-refractivity contribution in [3.63, 3.8) is 0 Å². The van der Waals surface area contributed by atoms with Gasteiger partial charge in [-0.25, -0.2) is 12.8 Å². The highest BCUT2D eigenvalue weighted by atomic mass is 32.2. The van der Waals surface area contributed by atoms with E-state index >= 15 is 0 Å². The molecule has 0 spiro atoms. The molecule has 2 aliphatic heterocycles. The minimum Gasteiger partial charge on any atom is -0.381 e. The Bertz CT molecular complexity index is 896. The van der Waals surface area contributed by atoms with Crippen LogP contribution in [0.15, 0.2) is 52.3 Å². The van der Waals surface area contributed by atoms with Gasteiger partial charge in [0.05, 0.1) is 9.79 Å². The SMILES string of the molecule is CC1CNCC[C@H]2Nc3ccc(S(=O)(=O)c4ccc(F)cc4)cc3[C@H]12. The van der Waals surface area contributed by atoms with Crippen LogP contribution in [0.25, 0.3) is 0 Å². The molecule has 1 unspecified atom stereocenters. The second-order valence-corrected chi connectivity index (χ2v) is 8.90. The van der Waals surface area contributed by atoms with Gasteiger partial charge >= 0.3 is 0 Å². The predicted octanol–water partition coefficient (Wildman–Crippen LogP) is 3.17. The highest BCUT2D eigenvalue weighted by Gasteiger charge is 2.37. The third-order valence-corrected chi connectivity index (χ3v) is 7.07. The lowest BCUT2D eigenvalue weighted by Gasteiger charge is -2.22. The normalized spacial score (nSPS) is 25.6. The van der Waals surface area contributed by atoms with Crippen LogP contribution in [0.4, 0.5) is 10.1 Å². The molecule has 0 aromatic heterocycles. The summed E-state index contributed by atoms with van der Waals surface area (Å²) in [6.07, 6.45) is 1.02. The van der Waals surface area contributed by atoms with E-state index in [9.17, 15) is 12.8 Å². The van der Waals surface area contributed by atoms with Gasteiger partial charge in [0.25, 0.3) is 0 Å². The van der Waals surface area contributed by atoms with Crippen molar-refractivity contribution in [1.29, 1.82) is 0 Å². The van der Waals surface area contributed by atoms with Gasteiger partial charge in [0.1, 0.15) is 5.82 Å². The molecule has 4 nitrogen and oxygen atoms in total. The van der Waals surface area contributed by atoms with Gasteiger partial charge in [0, 0.05) is 17.6 Å². The van der Waals surface area contributed by atoms with Crippen molar-refractivity contribution in [2.24, 2.45) is 5.92 Å². The van der Waals surface area contributed by atoms with Crippen molar-refractivity contribution >= 4 is 15.5 Å². The maximum absolute atomic E-state index is 13.1. The smallest absolute Gasteiger partial charge is 0.206 e. The lowest BCUT2D eigenvalue weighted by molar-refractivity contribution is 0.443. The number of fused-ring (bicyclic) bond motifs is 3. The zero-order chi connectivity index (χ0) is 17.6. The van der Waals surface area contributed by atoms with Crippen molar-refractivity contribution in [2.75, 3.05) is 18.4 Å². The van der Waals surface area contributed by atoms with Gasteiger partial charge in [-0.15, -0.1) is 0 Å². The van der Waals surface area contributed by atoms with E-state index in [1.165, 1.54) is 24.3 Å². The lowest BCUT2D eigenvalue weighted by atomic mass is 9.84. The number of halogens is 1. The molecule has 25 heavy (non-hydrogen) atoms. The average Bonchev–Trinajstić information content (AvgIpc) is 2.86. The van der Waals surface area contributed by atoms with E-state index in [1.807, 2.05) is 6.07 Å². The molecule has 2 N–H and O–H groups in total. The van der Waals surface area contributed by atoms with Crippen LogP contribution in [0.3, 0.4) is 0 Å². The highest BCUT2D eigenvalue weighted by Crippen LogP contribution is 2.43. The van der Waals surface area contributed by atoms with Crippen LogP contribution in [0.5, 0.6) is 0 Å². The van der Waals surface area contributed by atoms with Crippen molar-refractivity contribution in [3.8, 4) is 0 Å². The number of rotatable bonds is 2. The number of hydrogen-bond donors (Lipinski definition) is 2. The van der Waals surface area contributed by atoms with E-state index in [-0.39, 0.29) is 9.79 Å². The largest absolute Gasteiger partial charge is 0.381 e. The van der Waals surface area contributed by atoms with Crippen LogP contribution in [0.1, 0.15) is 24.8 Å². The summed E-state index contributed by atoms with van der Waals surface area (Å²) in [5.74, 6) is 0.276. The van der Waals surface area contributed by atoms with E-state index in [0.717, 1.165) is 30.8 Å². The summed E-state index contributed by atoms with van der Waals surface area (Å²) < 4.78 is 38.9. The maximum Gasteiger partial charge on any atom is 0.206 e. The Labute approximate surface area is 147 Å². The number of nitrogens with one attached hydrogen (secondary N) is 2. The Hall–Kier alpha value is -1.92. The molecular formula is C19H21FN2O2S. The topological polar surface area (TPSA) is 58.2 Å². The molecule has 4 rings (SSSR count). The molecule has 2 aromatic carbocycles. The van der Waals surface area contributed by atoms with Crippen LogP contribution < -0.4 is 10.6 Å². The number of hydrogen-bond acceptors (Lipinski definition) is 4. The molecule has 1 fully saturated rings. The Morgan fingerprint density at radius 1 is 1.08 bits per heavy atom. The summed E-state index contributed by atoms with van der Waals surface area (Å²) in [6.45, 7) is 4.10. The second kappa shape index (κ2) is 6.11. The summed E-state index contributed by atoms with van der Waals surface area (Å²) in [6, 6.07) is 10.6. The van der Waals surface area contributed by atoms with Gasteiger partial charge in [-0.1, -0.05) is 6.92 Å². The van der Waals surface area contributed by atoms with Crippen molar-refractivity contribution < 1.29 is 12.8 Å². The standard InChI is InChI=1S/C19H21FN2O2S/c1-12-11-21-9-8-18-19(12)16-10-15(6-7-17(16)22-18)25(23,24)14-4-2-13(20)3-5-14/h2-7,10,12,18-19,21-22H,8-9,11H2,1H3/t12?,18-,19+/m1/s1. The molecule has 0 bridgehead atoms. The molecule has 2 aliphatic rings. The molecule has 2 aromatic rings. The van der Waals surface area contributed by atoms with Crippen molar-refractivity contribution in [3.05, 3.63) is 53.8 Å². The summed E-state index contributed by atoms with van der Waals surface area (Å²) in [4.78, 5) is 0.386. The van der Waals surface area contributed by atoms with Crippen LogP contribution in [-0.4, -0.2) is 27.5 Å². The van der Waals surface area contributed by atoms with Crippen LogP contribution >= 0.6 is 0 Å². The molecule has 0 aliphatic carbocycles. The van der Waals surface area contributed by atoms with Gasteiger partial charge in [-0.05, 0) is 73.5 Å².